The number of nitrogens with zero attached hydrogens (tertiary/aromatic N) is 2. The maximum atomic E-state index is 9.84. The summed E-state index contributed by atoms with van der Waals surface area (Å²) in [6.07, 6.45) is 5.20. The Labute approximate surface area is 158 Å². The first-order valence-corrected chi connectivity index (χ1v) is 8.46. The van der Waals surface area contributed by atoms with Gasteiger partial charge in [-0.2, -0.15) is 0 Å². The lowest BCUT2D eigenvalue weighted by Crippen LogP contribution is -2.03. The third-order valence-corrected chi connectivity index (χ3v) is 4.15. The molecule has 2 aromatic heterocycles. The molecule has 2 heterocycles. The van der Waals surface area contributed by atoms with Gasteiger partial charge >= 0.3 is 0 Å². The summed E-state index contributed by atoms with van der Waals surface area (Å²) in [4.78, 5) is 8.66. The van der Waals surface area contributed by atoms with Gasteiger partial charge < -0.3 is 15.6 Å². The summed E-state index contributed by atoms with van der Waals surface area (Å²) in [7, 11) is 0. The number of nitrogens with two attached hydrogens (primary N) is 1. The largest absolute Gasteiger partial charge is 0.508 e. The molecule has 3 N–H and O–H groups in total. The minimum absolute atomic E-state index is 0.142. The van der Waals surface area contributed by atoms with Crippen molar-refractivity contribution in [1.82, 2.24) is 9.97 Å². The van der Waals surface area contributed by atoms with Crippen LogP contribution in [0.4, 0.5) is 0 Å². The number of phenolic OH excluding ortho intramolecular Hbond substituents is 1. The van der Waals surface area contributed by atoms with Crippen LogP contribution in [0.3, 0.4) is 0 Å². The molecule has 27 heavy (non-hydrogen) atoms. The molecule has 0 bridgehead atoms. The minimum Gasteiger partial charge on any atom is -0.508 e. The van der Waals surface area contributed by atoms with E-state index in [0.717, 1.165) is 11.1 Å². The van der Waals surface area contributed by atoms with E-state index in [9.17, 15) is 5.11 Å². The Morgan fingerprint density at radius 1 is 1.11 bits per heavy atom. The summed E-state index contributed by atoms with van der Waals surface area (Å²) >= 11 is 0. The third-order valence-electron chi connectivity index (χ3n) is 4.15. The van der Waals surface area contributed by atoms with Gasteiger partial charge in [0.1, 0.15) is 17.3 Å². The first kappa shape index (κ1) is 18.2. The first-order valence-electron chi connectivity index (χ1n) is 8.46. The van der Waals surface area contributed by atoms with Gasteiger partial charge in [0.25, 0.3) is 0 Å². The molecule has 0 unspecified atom stereocenters. The fraction of sp³-hybridized carbons (Fsp3) is 0.0909. The van der Waals surface area contributed by atoms with E-state index < -0.39 is 0 Å². The van der Waals surface area contributed by atoms with E-state index in [0.29, 0.717) is 33.9 Å². The fourth-order valence-electron chi connectivity index (χ4n) is 2.47. The summed E-state index contributed by atoms with van der Waals surface area (Å²) in [5.41, 5.74) is 9.51. The zero-order chi connectivity index (χ0) is 19.4. The first-order chi connectivity index (χ1) is 13.0. The topological polar surface area (TPSA) is 81.3 Å². The third kappa shape index (κ3) is 4.15. The van der Waals surface area contributed by atoms with E-state index in [4.69, 9.17) is 10.5 Å². The second kappa shape index (κ2) is 7.74. The summed E-state index contributed by atoms with van der Waals surface area (Å²) in [6, 6.07) is 12.3. The lowest BCUT2D eigenvalue weighted by molar-refractivity contribution is 0.452. The monoisotopic (exact) mass is 359 g/mol. The molecule has 0 saturated carbocycles. The van der Waals surface area contributed by atoms with E-state index >= 15 is 0 Å². The number of ether oxygens (including phenoxy) is 1. The van der Waals surface area contributed by atoms with Crippen LogP contribution in [-0.2, 0) is 0 Å². The molecule has 136 valence electrons. The van der Waals surface area contributed by atoms with Gasteiger partial charge in [0.2, 0.25) is 0 Å². The molecular formula is C22H21N3O2. The molecule has 3 aromatic rings. The minimum atomic E-state index is 0.142. The number of hydrogen-bond acceptors (Lipinski definition) is 5. The van der Waals surface area contributed by atoms with E-state index in [2.05, 4.69) is 16.5 Å². The molecule has 0 radical (unpaired) electrons. The van der Waals surface area contributed by atoms with Crippen LogP contribution in [0.1, 0.15) is 19.5 Å². The zero-order valence-corrected chi connectivity index (χ0v) is 15.3. The van der Waals surface area contributed by atoms with Crippen LogP contribution in [0.15, 0.2) is 84.5 Å². The van der Waals surface area contributed by atoms with Crippen molar-refractivity contribution in [1.29, 1.82) is 0 Å². The van der Waals surface area contributed by atoms with E-state index in [1.807, 2.05) is 38.1 Å². The van der Waals surface area contributed by atoms with Crippen molar-refractivity contribution in [3.05, 3.63) is 90.2 Å². The lowest BCUT2D eigenvalue weighted by atomic mass is 10.1. The van der Waals surface area contributed by atoms with Crippen molar-refractivity contribution in [3.8, 4) is 11.5 Å². The quantitative estimate of drug-likeness (QED) is 0.515. The molecule has 0 saturated heterocycles. The number of aromatic hydroxyl groups is 1. The van der Waals surface area contributed by atoms with Crippen molar-refractivity contribution in [2.24, 2.45) is 5.73 Å². The van der Waals surface area contributed by atoms with Crippen molar-refractivity contribution in [2.75, 3.05) is 0 Å². The normalized spacial score (nSPS) is 12.6. The van der Waals surface area contributed by atoms with Crippen LogP contribution >= 0.6 is 0 Å². The molecule has 0 spiro atoms. The van der Waals surface area contributed by atoms with E-state index in [1.54, 1.807) is 36.7 Å². The molecular weight excluding hydrogens is 338 g/mol. The number of aromatic nitrogens is 2. The SMILES string of the molecule is C=C(/C(=C\C(C)=C(/C)N)Oc1ccnc2ccc(O)cc12)c1ccccn1. The Morgan fingerprint density at radius 3 is 2.63 bits per heavy atom. The Morgan fingerprint density at radius 2 is 1.93 bits per heavy atom. The Kier molecular flexibility index (Phi) is 5.22. The van der Waals surface area contributed by atoms with Gasteiger partial charge in [0.05, 0.1) is 11.2 Å². The number of fused-ring (bicyclic) bond motifs is 1. The number of pyridine rings is 2. The van der Waals surface area contributed by atoms with Crippen LogP contribution in [-0.4, -0.2) is 15.1 Å². The highest BCUT2D eigenvalue weighted by Gasteiger charge is 2.13. The highest BCUT2D eigenvalue weighted by molar-refractivity contribution is 5.87. The summed E-state index contributed by atoms with van der Waals surface area (Å²) in [5.74, 6) is 1.22. The highest BCUT2D eigenvalue weighted by Crippen LogP contribution is 2.31. The number of phenols is 1. The molecule has 1 aromatic carbocycles. The van der Waals surface area contributed by atoms with Crippen LogP contribution in [0.2, 0.25) is 0 Å². The summed E-state index contributed by atoms with van der Waals surface area (Å²) < 4.78 is 6.20. The fourth-order valence-corrected chi connectivity index (χ4v) is 2.47. The van der Waals surface area contributed by atoms with Crippen LogP contribution in [0.5, 0.6) is 11.5 Å². The highest BCUT2D eigenvalue weighted by atomic mass is 16.5. The molecule has 0 atom stereocenters. The van der Waals surface area contributed by atoms with Crippen molar-refractivity contribution in [2.45, 2.75) is 13.8 Å². The maximum Gasteiger partial charge on any atom is 0.138 e. The van der Waals surface area contributed by atoms with Crippen molar-refractivity contribution >= 4 is 16.5 Å². The standard InChI is InChI=1S/C22H21N3O2/c1-14(16(3)23)12-22(15(2)19-6-4-5-10-24-19)27-21-9-11-25-20-8-7-17(26)13-18(20)21/h4-13,26H,2,23H2,1,3H3/b16-14+,22-12+. The van der Waals surface area contributed by atoms with Gasteiger partial charge in [0, 0.05) is 29.1 Å². The zero-order valence-electron chi connectivity index (χ0n) is 15.3. The lowest BCUT2D eigenvalue weighted by Gasteiger charge is -2.15. The van der Waals surface area contributed by atoms with Gasteiger partial charge in [-0.25, -0.2) is 0 Å². The predicted octanol–water partition coefficient (Wildman–Crippen LogP) is 4.56. The van der Waals surface area contributed by atoms with Crippen LogP contribution < -0.4 is 10.5 Å². The molecule has 0 aliphatic carbocycles. The number of hydrogen-bond donors (Lipinski definition) is 2. The average molecular weight is 359 g/mol. The predicted molar refractivity (Wildman–Crippen MR) is 108 cm³/mol. The molecule has 0 aliphatic heterocycles. The molecule has 0 fully saturated rings. The Bertz CT molecular complexity index is 1050. The van der Waals surface area contributed by atoms with Gasteiger partial charge in [-0.1, -0.05) is 12.6 Å². The average Bonchev–Trinajstić information content (AvgIpc) is 2.67. The Hall–Kier alpha value is -3.60. The van der Waals surface area contributed by atoms with Gasteiger partial charge in [-0.3, -0.25) is 9.97 Å². The van der Waals surface area contributed by atoms with Crippen LogP contribution in [0.25, 0.3) is 16.5 Å². The van der Waals surface area contributed by atoms with E-state index in [-0.39, 0.29) is 5.75 Å². The van der Waals surface area contributed by atoms with Gasteiger partial charge in [0.15, 0.2) is 0 Å². The summed E-state index contributed by atoms with van der Waals surface area (Å²) in [5, 5.41) is 10.5. The molecule has 0 aliphatic rings. The second-order valence-corrected chi connectivity index (χ2v) is 6.18. The smallest absolute Gasteiger partial charge is 0.138 e. The Balaban J connectivity index is 2.09. The molecule has 5 nitrogen and oxygen atoms in total. The number of allylic oxidation sites excluding steroid dienone is 4. The van der Waals surface area contributed by atoms with Crippen molar-refractivity contribution < 1.29 is 9.84 Å². The second-order valence-electron chi connectivity index (χ2n) is 6.18. The molecule has 5 heteroatoms. The maximum absolute atomic E-state index is 9.84. The van der Waals surface area contributed by atoms with Crippen LogP contribution in [0, 0.1) is 0 Å². The molecule has 0 amide bonds. The van der Waals surface area contributed by atoms with Gasteiger partial charge in [-0.05, 0) is 61.9 Å². The summed E-state index contributed by atoms with van der Waals surface area (Å²) in [6.45, 7) is 7.88. The number of benzene rings is 1. The molecule has 3 rings (SSSR count). The number of rotatable bonds is 5. The van der Waals surface area contributed by atoms with E-state index in [1.165, 1.54) is 0 Å². The van der Waals surface area contributed by atoms with Crippen molar-refractivity contribution in [3.63, 3.8) is 0 Å². The van der Waals surface area contributed by atoms with Gasteiger partial charge in [-0.15, -0.1) is 0 Å².